The Morgan fingerprint density at radius 2 is 2.05 bits per heavy atom. The summed E-state index contributed by atoms with van der Waals surface area (Å²) >= 11 is 0. The maximum absolute atomic E-state index is 6.02. The largest absolute Gasteiger partial charge is 0.374 e. The summed E-state index contributed by atoms with van der Waals surface area (Å²) < 4.78 is 6.02. The Labute approximate surface area is 120 Å². The van der Waals surface area contributed by atoms with Crippen molar-refractivity contribution in [2.45, 2.75) is 65.5 Å². The van der Waals surface area contributed by atoms with Crippen molar-refractivity contribution in [3.05, 3.63) is 0 Å². The number of nitrogens with zero attached hydrogens (tertiary/aromatic N) is 1. The van der Waals surface area contributed by atoms with Gasteiger partial charge in [0.2, 0.25) is 0 Å². The minimum absolute atomic E-state index is 0.382. The molecule has 114 valence electrons. The maximum atomic E-state index is 6.02. The van der Waals surface area contributed by atoms with Gasteiger partial charge in [0.05, 0.1) is 12.7 Å². The van der Waals surface area contributed by atoms with Gasteiger partial charge in [-0.1, -0.05) is 40.5 Å². The number of likely N-dealkylation sites (N-methyl/N-ethyl adjacent to an activating group) is 1. The first-order valence-electron chi connectivity index (χ1n) is 8.24. The van der Waals surface area contributed by atoms with Gasteiger partial charge in [0, 0.05) is 19.1 Å². The van der Waals surface area contributed by atoms with E-state index in [0.29, 0.717) is 12.1 Å². The van der Waals surface area contributed by atoms with Crippen LogP contribution in [0.2, 0.25) is 0 Å². The minimum Gasteiger partial charge on any atom is -0.374 e. The second-order valence-corrected chi connectivity index (χ2v) is 6.19. The Hall–Kier alpha value is -0.120. The van der Waals surface area contributed by atoms with Crippen LogP contribution >= 0.6 is 0 Å². The molecule has 1 saturated heterocycles. The van der Waals surface area contributed by atoms with E-state index >= 15 is 0 Å². The fourth-order valence-corrected chi connectivity index (χ4v) is 2.76. The molecule has 0 saturated carbocycles. The zero-order valence-electron chi connectivity index (χ0n) is 13.5. The van der Waals surface area contributed by atoms with E-state index in [2.05, 4.69) is 37.9 Å². The molecule has 1 heterocycles. The normalized spacial score (nSPS) is 22.9. The molecule has 2 unspecified atom stereocenters. The van der Waals surface area contributed by atoms with Crippen molar-refractivity contribution >= 4 is 0 Å². The van der Waals surface area contributed by atoms with Gasteiger partial charge in [-0.3, -0.25) is 4.90 Å². The van der Waals surface area contributed by atoms with Crippen LogP contribution < -0.4 is 5.32 Å². The zero-order chi connectivity index (χ0) is 14.1. The lowest BCUT2D eigenvalue weighted by molar-refractivity contribution is -0.0465. The van der Waals surface area contributed by atoms with Crippen molar-refractivity contribution in [1.82, 2.24) is 10.2 Å². The zero-order valence-corrected chi connectivity index (χ0v) is 13.5. The van der Waals surface area contributed by atoms with Crippen molar-refractivity contribution in [2.24, 2.45) is 5.92 Å². The van der Waals surface area contributed by atoms with E-state index in [1.54, 1.807) is 0 Å². The molecule has 0 aromatic heterocycles. The third-order valence-electron chi connectivity index (χ3n) is 4.03. The first-order valence-corrected chi connectivity index (χ1v) is 8.24. The summed E-state index contributed by atoms with van der Waals surface area (Å²) in [6, 6.07) is 0.535. The number of ether oxygens (including phenoxy) is 1. The van der Waals surface area contributed by atoms with E-state index in [-0.39, 0.29) is 0 Å². The predicted molar refractivity (Wildman–Crippen MR) is 82.6 cm³/mol. The van der Waals surface area contributed by atoms with Crippen molar-refractivity contribution in [1.29, 1.82) is 0 Å². The molecule has 3 heteroatoms. The van der Waals surface area contributed by atoms with Gasteiger partial charge in [0.1, 0.15) is 0 Å². The van der Waals surface area contributed by atoms with Gasteiger partial charge in [-0.05, 0) is 31.8 Å². The molecule has 1 rings (SSSR count). The molecule has 0 aromatic carbocycles. The highest BCUT2D eigenvalue weighted by Crippen LogP contribution is 2.16. The van der Waals surface area contributed by atoms with Crippen LogP contribution in [-0.4, -0.2) is 49.8 Å². The molecule has 19 heavy (non-hydrogen) atoms. The SMILES string of the molecule is CCCNC(CCCC(C)C)C1CN(CC)CCO1. The molecular formula is C16H34N2O. The van der Waals surface area contributed by atoms with Crippen LogP contribution in [0.3, 0.4) is 0 Å². The van der Waals surface area contributed by atoms with Gasteiger partial charge in [0.15, 0.2) is 0 Å². The quantitative estimate of drug-likeness (QED) is 0.697. The molecular weight excluding hydrogens is 236 g/mol. The number of nitrogens with one attached hydrogen (secondary N) is 1. The molecule has 0 bridgehead atoms. The van der Waals surface area contributed by atoms with Crippen LogP contribution in [0.1, 0.15) is 53.4 Å². The number of morpholine rings is 1. The van der Waals surface area contributed by atoms with Crippen LogP contribution in [-0.2, 0) is 4.74 Å². The highest BCUT2D eigenvalue weighted by Gasteiger charge is 2.26. The Morgan fingerprint density at radius 3 is 2.68 bits per heavy atom. The summed E-state index contributed by atoms with van der Waals surface area (Å²) in [5, 5.41) is 3.71. The molecule has 1 fully saturated rings. The Kier molecular flexibility index (Phi) is 8.67. The Bertz CT molecular complexity index is 221. The van der Waals surface area contributed by atoms with Crippen molar-refractivity contribution < 1.29 is 4.74 Å². The van der Waals surface area contributed by atoms with Gasteiger partial charge in [-0.15, -0.1) is 0 Å². The molecule has 0 aromatic rings. The summed E-state index contributed by atoms with van der Waals surface area (Å²) in [7, 11) is 0. The van der Waals surface area contributed by atoms with E-state index in [0.717, 1.165) is 38.7 Å². The summed E-state index contributed by atoms with van der Waals surface area (Å²) in [4.78, 5) is 2.51. The molecule has 1 N–H and O–H groups in total. The van der Waals surface area contributed by atoms with Gasteiger partial charge in [-0.2, -0.15) is 0 Å². The lowest BCUT2D eigenvalue weighted by Gasteiger charge is -2.37. The van der Waals surface area contributed by atoms with Crippen LogP contribution in [0, 0.1) is 5.92 Å². The molecule has 0 radical (unpaired) electrons. The lowest BCUT2D eigenvalue weighted by atomic mass is 9.98. The van der Waals surface area contributed by atoms with Gasteiger partial charge < -0.3 is 10.1 Å². The molecule has 3 nitrogen and oxygen atoms in total. The first kappa shape index (κ1) is 16.9. The van der Waals surface area contributed by atoms with Gasteiger partial charge >= 0.3 is 0 Å². The average molecular weight is 270 g/mol. The molecule has 1 aliphatic rings. The van der Waals surface area contributed by atoms with E-state index in [1.165, 1.54) is 25.7 Å². The summed E-state index contributed by atoms with van der Waals surface area (Å²) in [5.41, 5.74) is 0. The van der Waals surface area contributed by atoms with Crippen molar-refractivity contribution in [3.8, 4) is 0 Å². The number of hydrogen-bond donors (Lipinski definition) is 1. The maximum Gasteiger partial charge on any atom is 0.0855 e. The van der Waals surface area contributed by atoms with Gasteiger partial charge in [0.25, 0.3) is 0 Å². The van der Waals surface area contributed by atoms with Crippen molar-refractivity contribution in [3.63, 3.8) is 0 Å². The van der Waals surface area contributed by atoms with E-state index < -0.39 is 0 Å². The highest BCUT2D eigenvalue weighted by atomic mass is 16.5. The first-order chi connectivity index (χ1) is 9.17. The highest BCUT2D eigenvalue weighted by molar-refractivity contribution is 4.83. The van der Waals surface area contributed by atoms with E-state index in [4.69, 9.17) is 4.74 Å². The Balaban J connectivity index is 2.41. The third kappa shape index (κ3) is 6.73. The number of hydrogen-bond acceptors (Lipinski definition) is 3. The smallest absolute Gasteiger partial charge is 0.0855 e. The fraction of sp³-hybridized carbons (Fsp3) is 1.00. The summed E-state index contributed by atoms with van der Waals surface area (Å²) in [6.45, 7) is 14.4. The van der Waals surface area contributed by atoms with E-state index in [9.17, 15) is 0 Å². The van der Waals surface area contributed by atoms with Crippen LogP contribution in [0.4, 0.5) is 0 Å². The van der Waals surface area contributed by atoms with Crippen molar-refractivity contribution in [2.75, 3.05) is 32.8 Å². The standard InChI is InChI=1S/C16H34N2O/c1-5-10-17-15(9-7-8-14(3)4)16-13-18(6-2)11-12-19-16/h14-17H,5-13H2,1-4H3. The van der Waals surface area contributed by atoms with Gasteiger partial charge in [-0.25, -0.2) is 0 Å². The molecule has 2 atom stereocenters. The van der Waals surface area contributed by atoms with E-state index in [1.807, 2.05) is 0 Å². The fourth-order valence-electron chi connectivity index (χ4n) is 2.76. The second kappa shape index (κ2) is 9.73. The molecule has 1 aliphatic heterocycles. The second-order valence-electron chi connectivity index (χ2n) is 6.19. The summed E-state index contributed by atoms with van der Waals surface area (Å²) in [6.07, 6.45) is 5.47. The van der Waals surface area contributed by atoms with Crippen LogP contribution in [0.5, 0.6) is 0 Å². The Morgan fingerprint density at radius 1 is 1.26 bits per heavy atom. The molecule has 0 spiro atoms. The lowest BCUT2D eigenvalue weighted by Crippen LogP contribution is -2.52. The third-order valence-corrected chi connectivity index (χ3v) is 4.03. The van der Waals surface area contributed by atoms with Crippen LogP contribution in [0.25, 0.3) is 0 Å². The average Bonchev–Trinajstić information content (AvgIpc) is 2.42. The predicted octanol–water partition coefficient (Wildman–Crippen LogP) is 2.90. The minimum atomic E-state index is 0.382. The summed E-state index contributed by atoms with van der Waals surface area (Å²) in [5.74, 6) is 0.811. The molecule has 0 amide bonds. The number of rotatable bonds is 9. The monoisotopic (exact) mass is 270 g/mol. The topological polar surface area (TPSA) is 24.5 Å². The van der Waals surface area contributed by atoms with Crippen LogP contribution in [0.15, 0.2) is 0 Å². The molecule has 0 aliphatic carbocycles.